The number of carbonyl (C=O) groups excluding carboxylic acids is 2. The summed E-state index contributed by atoms with van der Waals surface area (Å²) < 4.78 is 26.8. The zero-order valence-electron chi connectivity index (χ0n) is 33.0. The van der Waals surface area contributed by atoms with Gasteiger partial charge in [0, 0.05) is 19.4 Å². The lowest BCUT2D eigenvalue weighted by Crippen LogP contribution is -2.27. The second-order valence-corrected chi connectivity index (χ2v) is 15.0. The molecule has 9 nitrogen and oxygen atoms in total. The SMILES string of the molecule is CC/C=C\C/C=C\C/C=C\CCCCCCCC(=O)OCC(O)COP(=O)(O)OCCNC(=O)CCCCCCC/C=C\CCCCCCCCC. The van der Waals surface area contributed by atoms with E-state index in [9.17, 15) is 24.2 Å². The third-order valence-electron chi connectivity index (χ3n) is 8.49. The van der Waals surface area contributed by atoms with Gasteiger partial charge in [0.2, 0.25) is 5.91 Å². The van der Waals surface area contributed by atoms with Crippen molar-refractivity contribution < 1.29 is 37.9 Å². The van der Waals surface area contributed by atoms with Crippen molar-refractivity contribution in [3.05, 3.63) is 48.6 Å². The van der Waals surface area contributed by atoms with E-state index in [-0.39, 0.29) is 32.1 Å². The molecule has 0 saturated heterocycles. The fraction of sp³-hybridized carbons (Fsp3) is 0.762. The van der Waals surface area contributed by atoms with Gasteiger partial charge >= 0.3 is 13.8 Å². The molecule has 52 heavy (non-hydrogen) atoms. The summed E-state index contributed by atoms with van der Waals surface area (Å²) in [6.07, 6.45) is 43.2. The molecular formula is C42H76NO8P. The Hall–Kier alpha value is -2.03. The van der Waals surface area contributed by atoms with Crippen molar-refractivity contribution >= 4 is 19.7 Å². The lowest BCUT2D eigenvalue weighted by Gasteiger charge is -2.15. The number of esters is 1. The Morgan fingerprint density at radius 2 is 1.10 bits per heavy atom. The van der Waals surface area contributed by atoms with Crippen molar-refractivity contribution in [2.75, 3.05) is 26.4 Å². The number of phosphoric acid groups is 1. The first kappa shape index (κ1) is 50.0. The summed E-state index contributed by atoms with van der Waals surface area (Å²) in [6.45, 7) is 3.40. The standard InChI is InChI=1S/C42H76NO8P/c1-3-5-7-9-11-13-15-17-19-21-22-24-26-28-30-32-34-41(45)43-36-37-50-52(47,48)51-39-40(44)38-49-42(46)35-33-31-29-27-25-23-20-18-16-14-12-10-8-6-4-2/h6,8,12,14,18-21,40,44H,3-5,7,9-11,13,15-17,22-39H2,1-2H3,(H,43,45)(H,47,48)/b8-6-,14-12-,20-18-,21-19-. The lowest BCUT2D eigenvalue weighted by atomic mass is 10.1. The van der Waals surface area contributed by atoms with Crippen molar-refractivity contribution in [2.24, 2.45) is 0 Å². The number of amides is 1. The van der Waals surface area contributed by atoms with Crippen LogP contribution >= 0.6 is 7.82 Å². The molecular weight excluding hydrogens is 677 g/mol. The number of allylic oxidation sites excluding steroid dienone is 8. The van der Waals surface area contributed by atoms with Crippen LogP contribution in [0.25, 0.3) is 0 Å². The van der Waals surface area contributed by atoms with Gasteiger partial charge in [0.25, 0.3) is 0 Å². The van der Waals surface area contributed by atoms with Gasteiger partial charge in [-0.1, -0.05) is 140 Å². The molecule has 10 heteroatoms. The van der Waals surface area contributed by atoms with Crippen molar-refractivity contribution in [1.82, 2.24) is 5.32 Å². The van der Waals surface area contributed by atoms with Crippen LogP contribution in [0.3, 0.4) is 0 Å². The third-order valence-corrected chi connectivity index (χ3v) is 9.48. The van der Waals surface area contributed by atoms with Crippen molar-refractivity contribution in [3.8, 4) is 0 Å². The molecule has 0 saturated carbocycles. The van der Waals surface area contributed by atoms with Gasteiger partial charge < -0.3 is 20.1 Å². The number of hydrogen-bond donors (Lipinski definition) is 3. The maximum absolute atomic E-state index is 12.1. The Kier molecular flexibility index (Phi) is 37.2. The molecule has 0 fully saturated rings. The fourth-order valence-corrected chi connectivity index (χ4v) is 6.15. The van der Waals surface area contributed by atoms with E-state index in [1.165, 1.54) is 57.8 Å². The van der Waals surface area contributed by atoms with E-state index in [4.69, 9.17) is 13.8 Å². The van der Waals surface area contributed by atoms with E-state index in [2.05, 4.69) is 67.8 Å². The van der Waals surface area contributed by atoms with Gasteiger partial charge in [-0.15, -0.1) is 0 Å². The highest BCUT2D eigenvalue weighted by molar-refractivity contribution is 7.47. The largest absolute Gasteiger partial charge is 0.472 e. The highest BCUT2D eigenvalue weighted by Crippen LogP contribution is 2.42. The molecule has 302 valence electrons. The topological polar surface area (TPSA) is 131 Å². The summed E-state index contributed by atoms with van der Waals surface area (Å²) in [5.74, 6) is -0.544. The second-order valence-electron chi connectivity index (χ2n) is 13.6. The maximum Gasteiger partial charge on any atom is 0.472 e. The molecule has 0 bridgehead atoms. The first-order chi connectivity index (χ1) is 25.3. The average Bonchev–Trinajstić information content (AvgIpc) is 3.13. The molecule has 2 unspecified atom stereocenters. The normalized spacial score (nSPS) is 13.8. The number of rotatable bonds is 38. The lowest BCUT2D eigenvalue weighted by molar-refractivity contribution is -0.147. The first-order valence-electron chi connectivity index (χ1n) is 20.6. The maximum atomic E-state index is 12.1. The van der Waals surface area contributed by atoms with Crippen LogP contribution in [0.2, 0.25) is 0 Å². The second kappa shape index (κ2) is 38.7. The van der Waals surface area contributed by atoms with Crippen molar-refractivity contribution in [3.63, 3.8) is 0 Å². The number of phosphoric ester groups is 1. The van der Waals surface area contributed by atoms with E-state index in [1.807, 2.05) is 0 Å². The Labute approximate surface area is 317 Å². The third kappa shape index (κ3) is 39.2. The van der Waals surface area contributed by atoms with Crippen molar-refractivity contribution in [2.45, 2.75) is 180 Å². The molecule has 2 atom stereocenters. The Bertz CT molecular complexity index is 996. The molecule has 3 N–H and O–H groups in total. The molecule has 0 aliphatic rings. The van der Waals surface area contributed by atoms with Crippen LogP contribution in [0.1, 0.15) is 174 Å². The van der Waals surface area contributed by atoms with Crippen LogP contribution in [0.15, 0.2) is 48.6 Å². The molecule has 0 rings (SSSR count). The minimum absolute atomic E-state index is 0.0740. The zero-order chi connectivity index (χ0) is 38.2. The quantitative estimate of drug-likeness (QED) is 0.0246. The van der Waals surface area contributed by atoms with Gasteiger partial charge in [-0.2, -0.15) is 0 Å². The van der Waals surface area contributed by atoms with Crippen LogP contribution in [-0.4, -0.2) is 54.3 Å². The highest BCUT2D eigenvalue weighted by atomic mass is 31.2. The molecule has 1 amide bonds. The zero-order valence-corrected chi connectivity index (χ0v) is 33.9. The predicted octanol–water partition coefficient (Wildman–Crippen LogP) is 11.2. The summed E-state index contributed by atoms with van der Waals surface area (Å²) >= 11 is 0. The summed E-state index contributed by atoms with van der Waals surface area (Å²) in [4.78, 5) is 33.8. The van der Waals surface area contributed by atoms with Crippen molar-refractivity contribution in [1.29, 1.82) is 0 Å². The van der Waals surface area contributed by atoms with E-state index in [1.54, 1.807) is 0 Å². The smallest absolute Gasteiger partial charge is 0.463 e. The Morgan fingerprint density at radius 3 is 1.67 bits per heavy atom. The van der Waals surface area contributed by atoms with Gasteiger partial charge in [0.05, 0.1) is 13.2 Å². The molecule has 0 radical (unpaired) electrons. The van der Waals surface area contributed by atoms with Crippen LogP contribution in [0.4, 0.5) is 0 Å². The van der Waals surface area contributed by atoms with Gasteiger partial charge in [0.1, 0.15) is 12.7 Å². The number of carbonyl (C=O) groups is 2. The summed E-state index contributed by atoms with van der Waals surface area (Å²) in [6, 6.07) is 0. The average molecular weight is 754 g/mol. The van der Waals surface area contributed by atoms with Crippen LogP contribution in [0.5, 0.6) is 0 Å². The molecule has 0 aliphatic heterocycles. The van der Waals surface area contributed by atoms with Gasteiger partial charge in [-0.3, -0.25) is 18.6 Å². The minimum atomic E-state index is -4.42. The molecule has 0 heterocycles. The fourth-order valence-electron chi connectivity index (χ4n) is 5.39. The van der Waals surface area contributed by atoms with Gasteiger partial charge in [-0.05, 0) is 70.6 Å². The van der Waals surface area contributed by atoms with Crippen LogP contribution in [0, 0.1) is 0 Å². The number of nitrogens with one attached hydrogen (secondary N) is 1. The Morgan fingerprint density at radius 1 is 0.615 bits per heavy atom. The molecule has 0 aromatic rings. The first-order valence-corrected chi connectivity index (χ1v) is 22.1. The summed E-state index contributed by atoms with van der Waals surface area (Å²) in [5, 5.41) is 12.7. The van der Waals surface area contributed by atoms with Gasteiger partial charge in [0.15, 0.2) is 0 Å². The van der Waals surface area contributed by atoms with Crippen LogP contribution in [-0.2, 0) is 27.9 Å². The predicted molar refractivity (Wildman–Crippen MR) is 215 cm³/mol. The highest BCUT2D eigenvalue weighted by Gasteiger charge is 2.23. The van der Waals surface area contributed by atoms with E-state index >= 15 is 0 Å². The molecule has 0 spiro atoms. The molecule has 0 aromatic carbocycles. The monoisotopic (exact) mass is 754 g/mol. The summed E-state index contributed by atoms with van der Waals surface area (Å²) in [5.41, 5.74) is 0. The van der Waals surface area contributed by atoms with E-state index in [0.717, 1.165) is 83.5 Å². The molecule has 0 aromatic heterocycles. The number of ether oxygens (including phenoxy) is 1. The van der Waals surface area contributed by atoms with E-state index < -0.39 is 26.5 Å². The number of hydrogen-bond acceptors (Lipinski definition) is 7. The number of aliphatic hydroxyl groups excluding tert-OH is 1. The molecule has 0 aliphatic carbocycles. The van der Waals surface area contributed by atoms with E-state index in [0.29, 0.717) is 12.8 Å². The number of unbranched alkanes of at least 4 members (excludes halogenated alkanes) is 17. The summed E-state index contributed by atoms with van der Waals surface area (Å²) in [7, 11) is -4.42. The number of aliphatic hydroxyl groups is 1. The van der Waals surface area contributed by atoms with Crippen LogP contribution < -0.4 is 5.32 Å². The Balaban J connectivity index is 3.65. The minimum Gasteiger partial charge on any atom is -0.463 e. The van der Waals surface area contributed by atoms with Gasteiger partial charge in [-0.25, -0.2) is 4.57 Å².